The van der Waals surface area contributed by atoms with E-state index < -0.39 is 0 Å². The Bertz CT molecular complexity index is 534. The topological polar surface area (TPSA) is 15.3 Å². The molecule has 2 nitrogen and oxygen atoms in total. The lowest BCUT2D eigenvalue weighted by Crippen LogP contribution is -2.38. The Balaban J connectivity index is 1.47. The number of nitrogens with one attached hydrogen (secondary N) is 1. The summed E-state index contributed by atoms with van der Waals surface area (Å²) >= 11 is 3.46. The monoisotopic (exact) mass is 362 g/mol. The highest BCUT2D eigenvalue weighted by Gasteiger charge is 2.19. The molecule has 1 N–H and O–H groups in total. The second-order valence-corrected chi connectivity index (χ2v) is 6.74. The Labute approximate surface area is 139 Å². The van der Waals surface area contributed by atoms with Crippen molar-refractivity contribution in [3.05, 3.63) is 64.4 Å². The second kappa shape index (κ2) is 7.25. The van der Waals surface area contributed by atoms with Crippen LogP contribution in [-0.4, -0.2) is 24.0 Å². The summed E-state index contributed by atoms with van der Waals surface area (Å²) in [5.74, 6) is -0.166. The zero-order valence-corrected chi connectivity index (χ0v) is 14.0. The summed E-state index contributed by atoms with van der Waals surface area (Å²) < 4.78 is 14.0. The third-order valence-electron chi connectivity index (χ3n) is 4.12. The Morgan fingerprint density at radius 3 is 2.27 bits per heavy atom. The molecule has 0 spiro atoms. The maximum absolute atomic E-state index is 12.9. The van der Waals surface area contributed by atoms with Gasteiger partial charge in [0, 0.05) is 35.8 Å². The lowest BCUT2D eigenvalue weighted by molar-refractivity contribution is 0.211. The highest BCUT2D eigenvalue weighted by Crippen LogP contribution is 2.20. The first-order valence-corrected chi connectivity index (χ1v) is 8.47. The van der Waals surface area contributed by atoms with Crippen LogP contribution in [0.5, 0.6) is 0 Å². The van der Waals surface area contributed by atoms with Crippen LogP contribution in [0.4, 0.5) is 10.1 Å². The molecule has 0 saturated carbocycles. The first-order valence-electron chi connectivity index (χ1n) is 7.68. The van der Waals surface area contributed by atoms with Gasteiger partial charge in [0.15, 0.2) is 0 Å². The van der Waals surface area contributed by atoms with Crippen molar-refractivity contribution in [2.75, 3.05) is 18.4 Å². The third-order valence-corrected chi connectivity index (χ3v) is 4.65. The SMILES string of the molecule is Fc1ccc(CN2CCC(Nc3ccc(Br)cc3)CC2)cc1. The molecule has 0 amide bonds. The van der Waals surface area contributed by atoms with Gasteiger partial charge in [0.2, 0.25) is 0 Å². The van der Waals surface area contributed by atoms with E-state index in [2.05, 4.69) is 50.4 Å². The van der Waals surface area contributed by atoms with Gasteiger partial charge in [-0.2, -0.15) is 0 Å². The molecule has 4 heteroatoms. The summed E-state index contributed by atoms with van der Waals surface area (Å²) in [5.41, 5.74) is 2.36. The van der Waals surface area contributed by atoms with E-state index in [0.717, 1.165) is 36.9 Å². The molecule has 0 aromatic heterocycles. The lowest BCUT2D eigenvalue weighted by atomic mass is 10.0. The Hall–Kier alpha value is -1.39. The van der Waals surface area contributed by atoms with Crippen LogP contribution in [0, 0.1) is 5.82 Å². The van der Waals surface area contributed by atoms with Crippen LogP contribution in [0.1, 0.15) is 18.4 Å². The van der Waals surface area contributed by atoms with E-state index in [1.165, 1.54) is 23.4 Å². The molecule has 1 aliphatic rings. The minimum Gasteiger partial charge on any atom is -0.382 e. The number of hydrogen-bond donors (Lipinski definition) is 1. The molecule has 1 saturated heterocycles. The molecule has 1 aliphatic heterocycles. The molecular formula is C18H20BrFN2. The highest BCUT2D eigenvalue weighted by molar-refractivity contribution is 9.10. The average molecular weight is 363 g/mol. The molecule has 0 atom stereocenters. The molecule has 116 valence electrons. The second-order valence-electron chi connectivity index (χ2n) is 5.83. The van der Waals surface area contributed by atoms with Gasteiger partial charge >= 0.3 is 0 Å². The molecular weight excluding hydrogens is 343 g/mol. The molecule has 0 unspecified atom stereocenters. The summed E-state index contributed by atoms with van der Waals surface area (Å²) in [6.07, 6.45) is 2.27. The highest BCUT2D eigenvalue weighted by atomic mass is 79.9. The fourth-order valence-electron chi connectivity index (χ4n) is 2.87. The van der Waals surface area contributed by atoms with Gasteiger partial charge in [0.05, 0.1) is 0 Å². The lowest BCUT2D eigenvalue weighted by Gasteiger charge is -2.33. The van der Waals surface area contributed by atoms with Crippen molar-refractivity contribution in [2.24, 2.45) is 0 Å². The maximum atomic E-state index is 12.9. The van der Waals surface area contributed by atoms with Gasteiger partial charge in [-0.3, -0.25) is 4.90 Å². The fraction of sp³-hybridized carbons (Fsp3) is 0.333. The molecule has 3 rings (SSSR count). The summed E-state index contributed by atoms with van der Waals surface area (Å²) in [5, 5.41) is 3.60. The van der Waals surface area contributed by atoms with Crippen molar-refractivity contribution in [3.8, 4) is 0 Å². The number of halogens is 2. The van der Waals surface area contributed by atoms with Gasteiger partial charge in [0.25, 0.3) is 0 Å². The van der Waals surface area contributed by atoms with Gasteiger partial charge in [-0.25, -0.2) is 4.39 Å². The van der Waals surface area contributed by atoms with E-state index in [9.17, 15) is 4.39 Å². The van der Waals surface area contributed by atoms with Crippen molar-refractivity contribution in [1.29, 1.82) is 0 Å². The van der Waals surface area contributed by atoms with E-state index in [4.69, 9.17) is 0 Å². The Morgan fingerprint density at radius 2 is 1.64 bits per heavy atom. The van der Waals surface area contributed by atoms with Gasteiger partial charge in [-0.15, -0.1) is 0 Å². The summed E-state index contributed by atoms with van der Waals surface area (Å²) in [4.78, 5) is 2.44. The van der Waals surface area contributed by atoms with Crippen molar-refractivity contribution in [3.63, 3.8) is 0 Å². The van der Waals surface area contributed by atoms with Gasteiger partial charge in [-0.05, 0) is 54.8 Å². The molecule has 1 heterocycles. The fourth-order valence-corrected chi connectivity index (χ4v) is 3.13. The molecule has 2 aromatic carbocycles. The van der Waals surface area contributed by atoms with Gasteiger partial charge in [0.1, 0.15) is 5.82 Å². The third kappa shape index (κ3) is 4.31. The number of likely N-dealkylation sites (tertiary alicyclic amines) is 1. The van der Waals surface area contributed by atoms with E-state index in [1.54, 1.807) is 0 Å². The average Bonchev–Trinajstić information content (AvgIpc) is 2.54. The van der Waals surface area contributed by atoms with Crippen LogP contribution in [0.15, 0.2) is 53.0 Å². The van der Waals surface area contributed by atoms with Crippen LogP contribution >= 0.6 is 15.9 Å². The van der Waals surface area contributed by atoms with Crippen LogP contribution in [0.25, 0.3) is 0 Å². The molecule has 0 bridgehead atoms. The quantitative estimate of drug-likeness (QED) is 0.850. The van der Waals surface area contributed by atoms with Gasteiger partial charge < -0.3 is 5.32 Å². The largest absolute Gasteiger partial charge is 0.382 e. The van der Waals surface area contributed by atoms with Crippen LogP contribution in [0.3, 0.4) is 0 Å². The van der Waals surface area contributed by atoms with E-state index in [-0.39, 0.29) is 5.82 Å². The summed E-state index contributed by atoms with van der Waals surface area (Å²) in [7, 11) is 0. The van der Waals surface area contributed by atoms with E-state index in [1.807, 2.05) is 12.1 Å². The Morgan fingerprint density at radius 1 is 1.00 bits per heavy atom. The first-order chi connectivity index (χ1) is 10.7. The summed E-state index contributed by atoms with van der Waals surface area (Å²) in [6, 6.07) is 15.7. The molecule has 0 aliphatic carbocycles. The number of anilines is 1. The predicted molar refractivity (Wildman–Crippen MR) is 92.5 cm³/mol. The standard InChI is InChI=1S/C18H20BrFN2/c19-15-3-7-17(8-4-15)21-18-9-11-22(12-10-18)13-14-1-5-16(20)6-2-14/h1-8,18,21H,9-13H2. The van der Waals surface area contributed by atoms with Crippen molar-refractivity contribution >= 4 is 21.6 Å². The van der Waals surface area contributed by atoms with Crippen LogP contribution in [0.2, 0.25) is 0 Å². The van der Waals surface area contributed by atoms with E-state index in [0.29, 0.717) is 6.04 Å². The van der Waals surface area contributed by atoms with Crippen molar-refractivity contribution < 1.29 is 4.39 Å². The van der Waals surface area contributed by atoms with Crippen LogP contribution in [-0.2, 0) is 6.54 Å². The maximum Gasteiger partial charge on any atom is 0.123 e. The molecule has 2 aromatic rings. The molecule has 22 heavy (non-hydrogen) atoms. The summed E-state index contributed by atoms with van der Waals surface area (Å²) in [6.45, 7) is 3.06. The number of hydrogen-bond acceptors (Lipinski definition) is 2. The van der Waals surface area contributed by atoms with E-state index >= 15 is 0 Å². The predicted octanol–water partition coefficient (Wildman–Crippen LogP) is 4.66. The number of nitrogens with zero attached hydrogens (tertiary/aromatic N) is 1. The number of piperidine rings is 1. The van der Waals surface area contributed by atoms with Gasteiger partial charge in [-0.1, -0.05) is 28.1 Å². The smallest absolute Gasteiger partial charge is 0.123 e. The zero-order chi connectivity index (χ0) is 15.4. The first kappa shape index (κ1) is 15.5. The minimum absolute atomic E-state index is 0.166. The van der Waals surface area contributed by atoms with Crippen molar-refractivity contribution in [2.45, 2.75) is 25.4 Å². The normalized spacial score (nSPS) is 16.6. The number of rotatable bonds is 4. The number of benzene rings is 2. The molecule has 1 fully saturated rings. The Kier molecular flexibility index (Phi) is 5.11. The zero-order valence-electron chi connectivity index (χ0n) is 12.4. The van der Waals surface area contributed by atoms with Crippen molar-refractivity contribution in [1.82, 2.24) is 4.90 Å². The molecule has 0 radical (unpaired) electrons. The minimum atomic E-state index is -0.166. The van der Waals surface area contributed by atoms with Crippen LogP contribution < -0.4 is 5.32 Å².